The number of rotatable bonds is 8. The first-order valence-corrected chi connectivity index (χ1v) is 11.3. The first-order chi connectivity index (χ1) is 16.2. The van der Waals surface area contributed by atoms with Crippen molar-refractivity contribution in [2.75, 3.05) is 31.5 Å². The molecular weight excluding hydrogens is 480 g/mol. The average molecular weight is 503 g/mol. The number of hydrogen-bond acceptors (Lipinski definition) is 7. The Morgan fingerprint density at radius 1 is 1.00 bits per heavy atom. The van der Waals surface area contributed by atoms with E-state index in [1.807, 2.05) is 6.92 Å². The van der Waals surface area contributed by atoms with Crippen LogP contribution in [0.5, 0.6) is 11.5 Å². The van der Waals surface area contributed by atoms with Crippen LogP contribution in [0, 0.1) is 13.8 Å². The minimum absolute atomic E-state index is 0.105. The molecule has 1 heterocycles. The molecule has 34 heavy (non-hydrogen) atoms. The van der Waals surface area contributed by atoms with Crippen LogP contribution in [0.1, 0.15) is 31.2 Å². The minimum Gasteiger partial charge on any atom is -0.495 e. The van der Waals surface area contributed by atoms with E-state index in [0.717, 1.165) is 16.9 Å². The molecule has 1 aromatic heterocycles. The molecule has 3 rings (SSSR count). The number of methoxy groups -OCH3 is 2. The zero-order valence-corrected chi connectivity index (χ0v) is 20.6. The molecule has 0 spiro atoms. The molecule has 0 radical (unpaired) electrons. The highest BCUT2D eigenvalue weighted by molar-refractivity contribution is 7.19. The van der Waals surface area contributed by atoms with E-state index in [2.05, 4.69) is 10.6 Å². The summed E-state index contributed by atoms with van der Waals surface area (Å²) in [4.78, 5) is 38.2. The Morgan fingerprint density at radius 2 is 1.74 bits per heavy atom. The van der Waals surface area contributed by atoms with Gasteiger partial charge in [0.2, 0.25) is 0 Å². The number of halogens is 1. The average Bonchev–Trinajstić information content (AvgIpc) is 3.13. The van der Waals surface area contributed by atoms with Gasteiger partial charge >= 0.3 is 5.97 Å². The minimum atomic E-state index is -0.671. The third-order valence-electron chi connectivity index (χ3n) is 4.85. The van der Waals surface area contributed by atoms with E-state index in [1.54, 1.807) is 49.4 Å². The van der Waals surface area contributed by atoms with E-state index in [-0.39, 0.29) is 22.0 Å². The molecule has 0 atom stereocenters. The highest BCUT2D eigenvalue weighted by atomic mass is 35.5. The van der Waals surface area contributed by atoms with E-state index < -0.39 is 17.8 Å². The Balaban J connectivity index is 1.81. The molecule has 2 N–H and O–H groups in total. The number of aryl methyl sites for hydroxylation is 1. The number of carbonyl (C=O) groups excluding carboxylic acids is 3. The largest absolute Gasteiger partial charge is 0.495 e. The normalized spacial score (nSPS) is 10.4. The lowest BCUT2D eigenvalue weighted by Crippen LogP contribution is -2.21. The fraction of sp³-hybridized carbons (Fsp3) is 0.208. The van der Waals surface area contributed by atoms with E-state index >= 15 is 0 Å². The second kappa shape index (κ2) is 11.0. The number of ether oxygens (including phenoxy) is 3. The van der Waals surface area contributed by atoms with Gasteiger partial charge in [-0.05, 0) is 55.3 Å². The van der Waals surface area contributed by atoms with Gasteiger partial charge < -0.3 is 24.8 Å². The highest BCUT2D eigenvalue weighted by Gasteiger charge is 2.27. The van der Waals surface area contributed by atoms with Crippen molar-refractivity contribution in [2.24, 2.45) is 0 Å². The fourth-order valence-corrected chi connectivity index (χ4v) is 4.51. The Hall–Kier alpha value is -3.56. The standard InChI is InChI=1S/C24H23ClN2O6S/c1-13-11-15(25)9-10-17(13)33-12-19(28)27-23-20(24(30)32-4)14(2)21(34-23)22(29)26-16-7-5-6-8-18(16)31-3/h5-11H,12H2,1-4H3,(H,26,29)(H,27,28). The first kappa shape index (κ1) is 25.1. The number of carbonyl (C=O) groups is 3. The van der Waals surface area contributed by atoms with Crippen LogP contribution in [0.4, 0.5) is 10.7 Å². The molecule has 0 aliphatic rings. The second-order valence-electron chi connectivity index (χ2n) is 7.15. The van der Waals surface area contributed by atoms with E-state index in [4.69, 9.17) is 25.8 Å². The Kier molecular flexibility index (Phi) is 8.14. The third kappa shape index (κ3) is 5.67. The van der Waals surface area contributed by atoms with Crippen LogP contribution in [0.2, 0.25) is 5.02 Å². The summed E-state index contributed by atoms with van der Waals surface area (Å²) >= 11 is 6.91. The van der Waals surface area contributed by atoms with Gasteiger partial charge in [-0.15, -0.1) is 11.3 Å². The molecule has 2 amide bonds. The number of hydrogen-bond donors (Lipinski definition) is 2. The summed E-state index contributed by atoms with van der Waals surface area (Å²) in [6.07, 6.45) is 0. The molecule has 0 saturated carbocycles. The topological polar surface area (TPSA) is 103 Å². The van der Waals surface area contributed by atoms with Crippen molar-refractivity contribution in [1.29, 1.82) is 0 Å². The number of esters is 1. The van der Waals surface area contributed by atoms with Gasteiger partial charge in [-0.3, -0.25) is 9.59 Å². The van der Waals surface area contributed by atoms with Crippen molar-refractivity contribution < 1.29 is 28.6 Å². The molecule has 0 aliphatic heterocycles. The van der Waals surface area contributed by atoms with E-state index in [0.29, 0.717) is 27.8 Å². The van der Waals surface area contributed by atoms with E-state index in [9.17, 15) is 14.4 Å². The summed E-state index contributed by atoms with van der Waals surface area (Å²) < 4.78 is 15.7. The lowest BCUT2D eigenvalue weighted by Gasteiger charge is -2.10. The molecule has 8 nitrogen and oxygen atoms in total. The van der Waals surface area contributed by atoms with Crippen LogP contribution >= 0.6 is 22.9 Å². The molecule has 0 aliphatic carbocycles. The lowest BCUT2D eigenvalue weighted by atomic mass is 10.1. The maximum atomic E-state index is 13.0. The Bertz CT molecular complexity index is 1240. The van der Waals surface area contributed by atoms with Gasteiger partial charge in [0.15, 0.2) is 6.61 Å². The quantitative estimate of drug-likeness (QED) is 0.416. The van der Waals surface area contributed by atoms with Crippen LogP contribution in [0.25, 0.3) is 0 Å². The Labute approximate surface area is 205 Å². The van der Waals surface area contributed by atoms with Gasteiger partial charge in [-0.1, -0.05) is 23.7 Å². The highest BCUT2D eigenvalue weighted by Crippen LogP contribution is 2.35. The zero-order chi connectivity index (χ0) is 24.8. The van der Waals surface area contributed by atoms with Crippen molar-refractivity contribution >= 4 is 51.4 Å². The fourth-order valence-electron chi connectivity index (χ4n) is 3.17. The molecular formula is C24H23ClN2O6S. The summed E-state index contributed by atoms with van der Waals surface area (Å²) in [6.45, 7) is 3.12. The molecule has 2 aromatic carbocycles. The van der Waals surface area contributed by atoms with Crippen molar-refractivity contribution in [3.63, 3.8) is 0 Å². The molecule has 0 saturated heterocycles. The van der Waals surface area contributed by atoms with Crippen molar-refractivity contribution in [3.05, 3.63) is 69.1 Å². The van der Waals surface area contributed by atoms with Crippen LogP contribution in [-0.2, 0) is 9.53 Å². The second-order valence-corrected chi connectivity index (χ2v) is 8.61. The van der Waals surface area contributed by atoms with Gasteiger partial charge in [-0.2, -0.15) is 0 Å². The summed E-state index contributed by atoms with van der Waals surface area (Å²) in [5.74, 6) is -0.633. The predicted octanol–water partition coefficient (Wildman–Crippen LogP) is 5.08. The summed E-state index contributed by atoms with van der Waals surface area (Å²) in [6, 6.07) is 12.0. The predicted molar refractivity (Wildman–Crippen MR) is 132 cm³/mol. The molecule has 10 heteroatoms. The maximum Gasteiger partial charge on any atom is 0.341 e. The zero-order valence-electron chi connectivity index (χ0n) is 19.0. The monoisotopic (exact) mass is 502 g/mol. The molecule has 178 valence electrons. The smallest absolute Gasteiger partial charge is 0.341 e. The number of amides is 2. The lowest BCUT2D eigenvalue weighted by molar-refractivity contribution is -0.118. The summed E-state index contributed by atoms with van der Waals surface area (Å²) in [7, 11) is 2.73. The van der Waals surface area contributed by atoms with Crippen LogP contribution in [0.3, 0.4) is 0 Å². The maximum absolute atomic E-state index is 13.0. The number of para-hydroxylation sites is 2. The number of anilines is 2. The van der Waals surface area contributed by atoms with Crippen molar-refractivity contribution in [3.8, 4) is 11.5 Å². The third-order valence-corrected chi connectivity index (χ3v) is 6.29. The molecule has 0 bridgehead atoms. The van der Waals surface area contributed by atoms with Crippen LogP contribution < -0.4 is 20.1 Å². The van der Waals surface area contributed by atoms with Gasteiger partial charge in [0.1, 0.15) is 16.5 Å². The van der Waals surface area contributed by atoms with Crippen LogP contribution in [0.15, 0.2) is 42.5 Å². The van der Waals surface area contributed by atoms with E-state index in [1.165, 1.54) is 14.2 Å². The van der Waals surface area contributed by atoms with Gasteiger partial charge in [-0.25, -0.2) is 4.79 Å². The number of nitrogens with one attached hydrogen (secondary N) is 2. The van der Waals surface area contributed by atoms with Crippen LogP contribution in [-0.4, -0.2) is 38.6 Å². The summed E-state index contributed by atoms with van der Waals surface area (Å²) in [5, 5.41) is 6.18. The van der Waals surface area contributed by atoms with Gasteiger partial charge in [0, 0.05) is 5.02 Å². The molecule has 0 fully saturated rings. The van der Waals surface area contributed by atoms with Crippen molar-refractivity contribution in [1.82, 2.24) is 0 Å². The summed E-state index contributed by atoms with van der Waals surface area (Å²) in [5.41, 5.74) is 1.74. The van der Waals surface area contributed by atoms with Gasteiger partial charge in [0.25, 0.3) is 11.8 Å². The van der Waals surface area contributed by atoms with Crippen molar-refractivity contribution in [2.45, 2.75) is 13.8 Å². The molecule has 0 unspecified atom stereocenters. The molecule has 3 aromatic rings. The number of benzene rings is 2. The number of thiophene rings is 1. The SMILES string of the molecule is COC(=O)c1c(NC(=O)COc2ccc(Cl)cc2C)sc(C(=O)Nc2ccccc2OC)c1C. The first-order valence-electron chi connectivity index (χ1n) is 10.1. The Morgan fingerprint density at radius 3 is 2.41 bits per heavy atom. The van der Waals surface area contributed by atoms with Gasteiger partial charge in [0.05, 0.1) is 30.3 Å².